The van der Waals surface area contributed by atoms with E-state index in [1.165, 1.54) is 30.3 Å². The Labute approximate surface area is 165 Å². The number of amides is 1. The summed E-state index contributed by atoms with van der Waals surface area (Å²) in [7, 11) is 0. The lowest BCUT2D eigenvalue weighted by Gasteiger charge is -2.21. The van der Waals surface area contributed by atoms with E-state index in [0.717, 1.165) is 18.3 Å². The zero-order valence-electron chi connectivity index (χ0n) is 15.5. The van der Waals surface area contributed by atoms with Crippen LogP contribution in [0.4, 0.5) is 18.9 Å². The van der Waals surface area contributed by atoms with Gasteiger partial charge >= 0.3 is 6.18 Å². The summed E-state index contributed by atoms with van der Waals surface area (Å²) in [5.41, 5.74) is -1.16. The Bertz CT molecular complexity index is 985. The van der Waals surface area contributed by atoms with E-state index >= 15 is 0 Å². The first-order valence-corrected chi connectivity index (χ1v) is 8.81. The van der Waals surface area contributed by atoms with Crippen molar-refractivity contribution >= 4 is 17.3 Å². The van der Waals surface area contributed by atoms with Crippen LogP contribution in [0.15, 0.2) is 89.4 Å². The quantitative estimate of drug-likeness (QED) is 0.760. The van der Waals surface area contributed by atoms with E-state index in [1.807, 2.05) is 36.3 Å². The van der Waals surface area contributed by atoms with Crippen LogP contribution in [0, 0.1) is 0 Å². The fourth-order valence-corrected chi connectivity index (χ4v) is 2.82. The van der Waals surface area contributed by atoms with Crippen molar-refractivity contribution in [3.8, 4) is 5.75 Å². The van der Waals surface area contributed by atoms with Gasteiger partial charge in [0.25, 0.3) is 5.91 Å². The molecule has 1 N–H and O–H groups in total. The molecule has 3 rings (SSSR count). The van der Waals surface area contributed by atoms with Crippen LogP contribution in [0.1, 0.15) is 6.92 Å². The van der Waals surface area contributed by atoms with E-state index in [4.69, 9.17) is 0 Å². The van der Waals surface area contributed by atoms with Crippen LogP contribution in [0.3, 0.4) is 0 Å². The number of carbonyl (C=O) groups excluding carboxylic acids is 1. The van der Waals surface area contributed by atoms with Crippen molar-refractivity contribution in [1.82, 2.24) is 4.90 Å². The van der Waals surface area contributed by atoms with Crippen LogP contribution < -0.4 is 5.01 Å². The second-order valence-corrected chi connectivity index (χ2v) is 6.10. The summed E-state index contributed by atoms with van der Waals surface area (Å²) in [4.78, 5) is 14.5. The topological polar surface area (TPSA) is 56.1 Å². The number of benzene rings is 1. The SMILES string of the molecule is CCN1C=CC=C/C1=C/C=C/C=C1/C(=O)N(c2ccccc2O)N=C1C(F)(F)F. The number of rotatable bonds is 4. The van der Waals surface area contributed by atoms with Gasteiger partial charge in [0.1, 0.15) is 11.4 Å². The van der Waals surface area contributed by atoms with Gasteiger partial charge < -0.3 is 10.0 Å². The van der Waals surface area contributed by atoms with Crippen molar-refractivity contribution in [2.75, 3.05) is 11.6 Å². The van der Waals surface area contributed by atoms with Crippen LogP contribution in [-0.2, 0) is 4.79 Å². The third-order valence-electron chi connectivity index (χ3n) is 4.21. The highest BCUT2D eigenvalue weighted by Gasteiger charge is 2.46. The first-order chi connectivity index (χ1) is 13.8. The lowest BCUT2D eigenvalue weighted by Crippen LogP contribution is -2.25. The van der Waals surface area contributed by atoms with Crippen molar-refractivity contribution in [1.29, 1.82) is 0 Å². The molecule has 2 aliphatic rings. The second-order valence-electron chi connectivity index (χ2n) is 6.10. The Kier molecular flexibility index (Phi) is 5.72. The number of para-hydroxylation sites is 2. The van der Waals surface area contributed by atoms with Gasteiger partial charge in [-0.2, -0.15) is 23.3 Å². The molecule has 0 aromatic heterocycles. The van der Waals surface area contributed by atoms with Crippen LogP contribution in [0.5, 0.6) is 5.75 Å². The van der Waals surface area contributed by atoms with Crippen molar-refractivity contribution in [2.45, 2.75) is 13.1 Å². The van der Waals surface area contributed by atoms with Gasteiger partial charge in [0.2, 0.25) is 0 Å². The van der Waals surface area contributed by atoms with Gasteiger partial charge in [0.05, 0.1) is 5.57 Å². The number of allylic oxidation sites excluding steroid dienone is 7. The van der Waals surface area contributed by atoms with Gasteiger partial charge in [-0.05, 0) is 43.4 Å². The number of carbonyl (C=O) groups is 1. The highest BCUT2D eigenvalue weighted by atomic mass is 19.4. The van der Waals surface area contributed by atoms with Crippen LogP contribution in [0.25, 0.3) is 0 Å². The average molecular weight is 401 g/mol. The number of hydrogen-bond acceptors (Lipinski definition) is 4. The van der Waals surface area contributed by atoms with E-state index in [9.17, 15) is 23.1 Å². The summed E-state index contributed by atoms with van der Waals surface area (Å²) in [5, 5.41) is 13.8. The first kappa shape index (κ1) is 20.2. The molecular formula is C21H18F3N3O2. The molecule has 1 aromatic carbocycles. The summed E-state index contributed by atoms with van der Waals surface area (Å²) in [6.45, 7) is 2.71. The van der Waals surface area contributed by atoms with Gasteiger partial charge in [-0.3, -0.25) is 4.79 Å². The van der Waals surface area contributed by atoms with Crippen molar-refractivity contribution in [2.24, 2.45) is 5.10 Å². The molecule has 2 heterocycles. The first-order valence-electron chi connectivity index (χ1n) is 8.81. The highest BCUT2D eigenvalue weighted by Crippen LogP contribution is 2.35. The molecule has 0 radical (unpaired) electrons. The molecular weight excluding hydrogens is 383 g/mol. The van der Waals surface area contributed by atoms with Gasteiger partial charge in [-0.15, -0.1) is 0 Å². The number of aromatic hydroxyl groups is 1. The molecule has 8 heteroatoms. The number of likely N-dealkylation sites (N-methyl/N-ethyl adjacent to an activating group) is 1. The molecule has 0 aliphatic carbocycles. The number of anilines is 1. The summed E-state index contributed by atoms with van der Waals surface area (Å²) in [6, 6.07) is 5.57. The second kappa shape index (κ2) is 8.22. The summed E-state index contributed by atoms with van der Waals surface area (Å²) in [5.74, 6) is -1.31. The Morgan fingerprint density at radius 2 is 1.86 bits per heavy atom. The standard InChI is InChI=1S/C21H18F3N3O2/c1-2-26-14-8-7-10-15(26)9-3-4-11-16-19(21(22,23)24)25-27(20(16)29)17-12-5-6-13-18(17)28/h3-14,28H,2H2,1H3/b4-3+,15-9-,16-11+. The molecule has 1 amide bonds. The molecule has 0 saturated heterocycles. The molecule has 0 saturated carbocycles. The van der Waals surface area contributed by atoms with E-state index in [0.29, 0.717) is 5.01 Å². The van der Waals surface area contributed by atoms with E-state index in [1.54, 1.807) is 12.2 Å². The molecule has 1 aromatic rings. The van der Waals surface area contributed by atoms with E-state index in [2.05, 4.69) is 5.10 Å². The van der Waals surface area contributed by atoms with Crippen molar-refractivity contribution in [3.05, 3.63) is 84.3 Å². The van der Waals surface area contributed by atoms with Gasteiger partial charge in [0, 0.05) is 18.4 Å². The maximum atomic E-state index is 13.4. The Balaban J connectivity index is 1.90. The minimum absolute atomic E-state index is 0.119. The van der Waals surface area contributed by atoms with Crippen LogP contribution in [-0.4, -0.2) is 34.3 Å². The monoisotopic (exact) mass is 401 g/mol. The maximum Gasteiger partial charge on any atom is 0.435 e. The Morgan fingerprint density at radius 1 is 1.14 bits per heavy atom. The maximum absolute atomic E-state index is 13.4. The molecule has 0 spiro atoms. The van der Waals surface area contributed by atoms with E-state index < -0.39 is 23.4 Å². The van der Waals surface area contributed by atoms with E-state index in [-0.39, 0.29) is 11.4 Å². The predicted molar refractivity (Wildman–Crippen MR) is 105 cm³/mol. The number of alkyl halides is 3. The number of hydrogen-bond donors (Lipinski definition) is 1. The van der Waals surface area contributed by atoms with Gasteiger partial charge in [-0.25, -0.2) is 0 Å². The normalized spacial score (nSPS) is 19.9. The predicted octanol–water partition coefficient (Wildman–Crippen LogP) is 4.43. The number of hydrazone groups is 1. The number of nitrogens with zero attached hydrogens (tertiary/aromatic N) is 3. The largest absolute Gasteiger partial charge is 0.506 e. The summed E-state index contributed by atoms with van der Waals surface area (Å²) >= 11 is 0. The molecule has 2 aliphatic heterocycles. The van der Waals surface area contributed by atoms with Gasteiger partial charge in [-0.1, -0.05) is 30.4 Å². The molecule has 0 fully saturated rings. The molecule has 0 bridgehead atoms. The zero-order chi connectivity index (χ0) is 21.0. The third-order valence-corrected chi connectivity index (χ3v) is 4.21. The highest BCUT2D eigenvalue weighted by molar-refractivity contribution is 6.32. The minimum Gasteiger partial charge on any atom is -0.506 e. The summed E-state index contributed by atoms with van der Waals surface area (Å²) < 4.78 is 40.2. The number of phenolic OH excluding ortho intramolecular Hbond substituents is 1. The fourth-order valence-electron chi connectivity index (χ4n) is 2.82. The van der Waals surface area contributed by atoms with Crippen molar-refractivity contribution in [3.63, 3.8) is 0 Å². The number of phenols is 1. The van der Waals surface area contributed by atoms with Crippen molar-refractivity contribution < 1.29 is 23.1 Å². The molecule has 0 atom stereocenters. The zero-order valence-corrected chi connectivity index (χ0v) is 15.5. The lowest BCUT2D eigenvalue weighted by atomic mass is 10.1. The van der Waals surface area contributed by atoms with Gasteiger partial charge in [0.15, 0.2) is 5.71 Å². The Morgan fingerprint density at radius 3 is 2.55 bits per heavy atom. The summed E-state index contributed by atoms with van der Waals surface area (Å²) in [6.07, 6.45) is 8.38. The van der Waals surface area contributed by atoms with Crippen LogP contribution in [0.2, 0.25) is 0 Å². The average Bonchev–Trinajstić information content (AvgIpc) is 3.02. The molecule has 0 unspecified atom stereocenters. The molecule has 29 heavy (non-hydrogen) atoms. The lowest BCUT2D eigenvalue weighted by molar-refractivity contribution is -0.114. The minimum atomic E-state index is -4.82. The number of halogens is 3. The fraction of sp³-hybridized carbons (Fsp3) is 0.143. The van der Waals surface area contributed by atoms with Crippen LogP contribution >= 0.6 is 0 Å². The molecule has 150 valence electrons. The molecule has 5 nitrogen and oxygen atoms in total. The third kappa shape index (κ3) is 4.31. The smallest absolute Gasteiger partial charge is 0.435 e. The Hall–Kier alpha value is -3.55.